The van der Waals surface area contributed by atoms with E-state index in [0.29, 0.717) is 6.42 Å². The fraction of sp³-hybridized carbons (Fsp3) is 0.857. The van der Waals surface area contributed by atoms with Gasteiger partial charge in [-0.25, -0.2) is 0 Å². The molecule has 0 amide bonds. The summed E-state index contributed by atoms with van der Waals surface area (Å²) < 4.78 is 0. The van der Waals surface area contributed by atoms with Crippen molar-refractivity contribution in [2.45, 2.75) is 71.1 Å². The van der Waals surface area contributed by atoms with E-state index in [9.17, 15) is 19.8 Å². The van der Waals surface area contributed by atoms with E-state index in [2.05, 4.69) is 6.92 Å². The Kier molecular flexibility index (Phi) is 17.1. The molecule has 0 aliphatic rings. The molecule has 0 fully saturated rings. The minimum Gasteiger partial charge on any atom is -0.549 e. The molecule has 0 unspecified atom stereocenters. The summed E-state index contributed by atoms with van der Waals surface area (Å²) in [7, 11) is 0. The van der Waals surface area contributed by atoms with Crippen LogP contribution in [-0.4, -0.2) is 60.8 Å². The maximum atomic E-state index is 10.5. The van der Waals surface area contributed by atoms with Crippen molar-refractivity contribution in [1.29, 1.82) is 0 Å². The molecule has 19 heavy (non-hydrogen) atoms. The molecule has 0 rings (SSSR count). The molecule has 4 nitrogen and oxygen atoms in total. The SMILES string of the molecule is CCCCCCCCCCCC(C(=O)[O-])C(=O)[O-].[Ba+2]. The van der Waals surface area contributed by atoms with Gasteiger partial charge >= 0.3 is 48.9 Å². The first-order chi connectivity index (χ1) is 8.59. The molecule has 0 aromatic heterocycles. The molecule has 0 saturated heterocycles. The van der Waals surface area contributed by atoms with Gasteiger partial charge in [0.25, 0.3) is 0 Å². The third kappa shape index (κ3) is 13.3. The first kappa shape index (κ1) is 21.8. The molecule has 5 heteroatoms. The van der Waals surface area contributed by atoms with Crippen LogP contribution in [0.5, 0.6) is 0 Å². The molecular formula is C14H24BaO4. The quantitative estimate of drug-likeness (QED) is 0.277. The first-order valence-electron chi connectivity index (χ1n) is 7.01. The van der Waals surface area contributed by atoms with Gasteiger partial charge in [-0.05, 0) is 6.42 Å². The Morgan fingerprint density at radius 1 is 0.789 bits per heavy atom. The maximum Gasteiger partial charge on any atom is 2.00 e. The van der Waals surface area contributed by atoms with Crippen molar-refractivity contribution in [2.75, 3.05) is 0 Å². The smallest absolute Gasteiger partial charge is 0.549 e. The fourth-order valence-corrected chi connectivity index (χ4v) is 1.99. The molecular weight excluding hydrogens is 369 g/mol. The molecule has 106 valence electrons. The number of carboxylic acids is 2. The van der Waals surface area contributed by atoms with E-state index >= 15 is 0 Å². The topological polar surface area (TPSA) is 80.3 Å². The average Bonchev–Trinajstić information content (AvgIpc) is 2.30. The zero-order valence-corrected chi connectivity index (χ0v) is 16.4. The standard InChI is InChI=1S/C14H26O4.Ba/c1-2-3-4-5-6-7-8-9-10-11-12(13(15)16)14(17)18;/h12H,2-11H2,1H3,(H,15,16)(H,17,18);/q;+2/p-2. The van der Waals surface area contributed by atoms with Gasteiger partial charge in [-0.2, -0.15) is 0 Å². The molecule has 0 aromatic rings. The van der Waals surface area contributed by atoms with Crippen LogP contribution in [0.4, 0.5) is 0 Å². The summed E-state index contributed by atoms with van der Waals surface area (Å²) in [6.45, 7) is 2.19. The van der Waals surface area contributed by atoms with Crippen LogP contribution in [0.1, 0.15) is 71.1 Å². The molecule has 0 bridgehead atoms. The van der Waals surface area contributed by atoms with E-state index in [1.807, 2.05) is 0 Å². The van der Waals surface area contributed by atoms with Crippen molar-refractivity contribution in [3.05, 3.63) is 0 Å². The average molecular weight is 394 g/mol. The van der Waals surface area contributed by atoms with Gasteiger partial charge in [0, 0.05) is 5.92 Å². The Hall–Kier alpha value is 0.511. The summed E-state index contributed by atoms with van der Waals surface area (Å²) in [5, 5.41) is 21.0. The number of unbranched alkanes of at least 4 members (excludes halogenated alkanes) is 8. The summed E-state index contributed by atoms with van der Waals surface area (Å²) in [6, 6.07) is 0. The van der Waals surface area contributed by atoms with Crippen LogP contribution in [0.25, 0.3) is 0 Å². The van der Waals surface area contributed by atoms with Crippen LogP contribution in [0, 0.1) is 5.92 Å². The Morgan fingerprint density at radius 2 is 1.16 bits per heavy atom. The van der Waals surface area contributed by atoms with E-state index in [0.717, 1.165) is 19.3 Å². The Morgan fingerprint density at radius 3 is 1.53 bits per heavy atom. The van der Waals surface area contributed by atoms with Crippen molar-refractivity contribution in [3.63, 3.8) is 0 Å². The van der Waals surface area contributed by atoms with Crippen LogP contribution in [0.2, 0.25) is 0 Å². The first-order valence-corrected chi connectivity index (χ1v) is 7.01. The number of hydrogen-bond acceptors (Lipinski definition) is 4. The fourth-order valence-electron chi connectivity index (χ4n) is 1.99. The normalized spacial score (nSPS) is 10.2. The number of rotatable bonds is 12. The summed E-state index contributed by atoms with van der Waals surface area (Å²) in [5.74, 6) is -4.52. The second kappa shape index (κ2) is 14.9. The summed E-state index contributed by atoms with van der Waals surface area (Å²) in [4.78, 5) is 21.0. The predicted molar refractivity (Wildman–Crippen MR) is 71.1 cm³/mol. The van der Waals surface area contributed by atoms with E-state index in [-0.39, 0.29) is 55.3 Å². The number of aliphatic carboxylic acids is 2. The van der Waals surface area contributed by atoms with Gasteiger partial charge < -0.3 is 19.8 Å². The third-order valence-corrected chi connectivity index (χ3v) is 3.17. The van der Waals surface area contributed by atoms with Crippen LogP contribution < -0.4 is 10.2 Å². The minimum atomic E-state index is -1.53. The Labute approximate surface area is 156 Å². The number of hydrogen-bond donors (Lipinski definition) is 0. The van der Waals surface area contributed by atoms with E-state index in [1.165, 1.54) is 32.1 Å². The van der Waals surface area contributed by atoms with Gasteiger partial charge in [0.2, 0.25) is 0 Å². The molecule has 0 spiro atoms. The maximum absolute atomic E-state index is 10.5. The van der Waals surface area contributed by atoms with Gasteiger partial charge in [-0.1, -0.05) is 64.7 Å². The molecule has 0 radical (unpaired) electrons. The van der Waals surface area contributed by atoms with E-state index < -0.39 is 17.9 Å². The summed E-state index contributed by atoms with van der Waals surface area (Å²) >= 11 is 0. The zero-order valence-electron chi connectivity index (χ0n) is 12.0. The summed E-state index contributed by atoms with van der Waals surface area (Å²) in [5.41, 5.74) is 0. The van der Waals surface area contributed by atoms with Gasteiger partial charge in [-0.15, -0.1) is 0 Å². The number of carbonyl (C=O) groups is 2. The Bertz CT molecular complexity index is 230. The monoisotopic (exact) mass is 394 g/mol. The zero-order chi connectivity index (χ0) is 13.8. The second-order valence-corrected chi connectivity index (χ2v) is 4.81. The van der Waals surface area contributed by atoms with Crippen LogP contribution in [0.15, 0.2) is 0 Å². The van der Waals surface area contributed by atoms with Crippen molar-refractivity contribution < 1.29 is 19.8 Å². The summed E-state index contributed by atoms with van der Waals surface area (Å²) in [6.07, 6.45) is 10.1. The molecule has 0 heterocycles. The van der Waals surface area contributed by atoms with Crippen LogP contribution in [-0.2, 0) is 9.59 Å². The van der Waals surface area contributed by atoms with E-state index in [4.69, 9.17) is 0 Å². The Balaban J connectivity index is 0. The van der Waals surface area contributed by atoms with Crippen molar-refractivity contribution in [1.82, 2.24) is 0 Å². The largest absolute Gasteiger partial charge is 2.00 e. The molecule has 0 saturated carbocycles. The van der Waals surface area contributed by atoms with Crippen LogP contribution in [0.3, 0.4) is 0 Å². The molecule has 0 N–H and O–H groups in total. The van der Waals surface area contributed by atoms with Gasteiger partial charge in [0.15, 0.2) is 0 Å². The molecule has 0 atom stereocenters. The molecule has 0 aromatic carbocycles. The second-order valence-electron chi connectivity index (χ2n) is 4.81. The predicted octanol–water partition coefficient (Wildman–Crippen LogP) is 0.642. The van der Waals surface area contributed by atoms with Gasteiger partial charge in [0.1, 0.15) is 0 Å². The number of carbonyl (C=O) groups excluding carboxylic acids is 2. The van der Waals surface area contributed by atoms with Crippen molar-refractivity contribution >= 4 is 60.8 Å². The van der Waals surface area contributed by atoms with Crippen LogP contribution >= 0.6 is 0 Å². The van der Waals surface area contributed by atoms with Crippen molar-refractivity contribution in [2.24, 2.45) is 5.92 Å². The molecule has 0 aliphatic heterocycles. The van der Waals surface area contributed by atoms with Crippen molar-refractivity contribution in [3.8, 4) is 0 Å². The van der Waals surface area contributed by atoms with Gasteiger partial charge in [-0.3, -0.25) is 0 Å². The third-order valence-electron chi connectivity index (χ3n) is 3.17. The minimum absolute atomic E-state index is 0. The van der Waals surface area contributed by atoms with Gasteiger partial charge in [0.05, 0.1) is 11.9 Å². The number of carboxylic acid groups (broad SMARTS) is 2. The molecule has 0 aliphatic carbocycles. The van der Waals surface area contributed by atoms with E-state index in [1.54, 1.807) is 0 Å².